The van der Waals surface area contributed by atoms with Crippen LogP contribution in [0.4, 0.5) is 11.4 Å². The fraction of sp³-hybridized carbons (Fsp3) is 0.137. The van der Waals surface area contributed by atoms with Crippen LogP contribution >= 0.6 is 0 Å². The van der Waals surface area contributed by atoms with E-state index in [9.17, 15) is 0 Å². The van der Waals surface area contributed by atoms with Crippen molar-refractivity contribution in [1.82, 2.24) is 9.97 Å². The number of rotatable bonds is 6. The van der Waals surface area contributed by atoms with Gasteiger partial charge in [0, 0.05) is 34.8 Å². The molecule has 0 amide bonds. The molecule has 4 aliphatic rings. The number of ether oxygens (including phenoxy) is 1. The summed E-state index contributed by atoms with van der Waals surface area (Å²) in [5.74, 6) is 8.24. The van der Waals surface area contributed by atoms with E-state index in [1.165, 1.54) is 39.0 Å². The summed E-state index contributed by atoms with van der Waals surface area (Å²) < 4.78 is 6.59. The molecule has 3 aliphatic carbocycles. The lowest BCUT2D eigenvalue weighted by Crippen LogP contribution is -2.36. The molecule has 0 spiro atoms. The Bertz CT molecular complexity index is 2690. The van der Waals surface area contributed by atoms with Crippen molar-refractivity contribution in [3.05, 3.63) is 209 Å². The monoisotopic (exact) mass is 709 g/mol. The van der Waals surface area contributed by atoms with Crippen molar-refractivity contribution < 1.29 is 4.74 Å². The molecule has 0 N–H and O–H groups in total. The van der Waals surface area contributed by atoms with E-state index in [0.29, 0.717) is 18.2 Å². The number of hydrogen-bond acceptors (Lipinski definition) is 4. The van der Waals surface area contributed by atoms with Crippen LogP contribution in [0.3, 0.4) is 0 Å². The molecule has 1 unspecified atom stereocenters. The maximum atomic E-state index is 6.59. The van der Waals surface area contributed by atoms with Crippen LogP contribution in [0.5, 0.6) is 11.8 Å². The van der Waals surface area contributed by atoms with E-state index in [1.54, 1.807) is 6.20 Å². The number of pyridine rings is 2. The van der Waals surface area contributed by atoms with Crippen molar-refractivity contribution in [2.75, 3.05) is 4.90 Å². The summed E-state index contributed by atoms with van der Waals surface area (Å²) in [6.07, 6.45) is 17.6. The Morgan fingerprint density at radius 2 is 1.42 bits per heavy atom. The standard InChI is InChI=1S/C51H39N3O/c1-50(2)44-25-13-12-24-42(44)43-30-29-40(32-46(43)50)54(39-23-14-18-36(27-28-39)35-16-6-3-7-17-35)41-33-47-49(53-34-41)55-48-45(26-15-31-52-48)51(47,37-19-8-4-9-20-37)38-21-10-5-11-22-38/h3-4,6-10,12-13,15-17,19-22,24-34H,5,11,18H2,1-2H3. The van der Waals surface area contributed by atoms with E-state index in [4.69, 9.17) is 14.7 Å². The second-order valence-electron chi connectivity index (χ2n) is 15.1. The number of nitrogens with zero attached hydrogens (tertiary/aromatic N) is 3. The highest BCUT2D eigenvalue weighted by atomic mass is 16.5. The Hall–Kier alpha value is -6.70. The van der Waals surface area contributed by atoms with Gasteiger partial charge in [-0.1, -0.05) is 141 Å². The van der Waals surface area contributed by atoms with Gasteiger partial charge in [-0.05, 0) is 93.6 Å². The minimum atomic E-state index is -0.713. The predicted octanol–water partition coefficient (Wildman–Crippen LogP) is 12.0. The van der Waals surface area contributed by atoms with E-state index < -0.39 is 5.41 Å². The molecule has 3 heterocycles. The van der Waals surface area contributed by atoms with Crippen molar-refractivity contribution >= 4 is 16.9 Å². The molecule has 4 heteroatoms. The first-order valence-corrected chi connectivity index (χ1v) is 19.1. The summed E-state index contributed by atoms with van der Waals surface area (Å²) in [6, 6.07) is 43.4. The number of fused-ring (bicyclic) bond motifs is 5. The van der Waals surface area contributed by atoms with Crippen LogP contribution in [0.1, 0.15) is 66.5 Å². The van der Waals surface area contributed by atoms with Gasteiger partial charge in [-0.2, -0.15) is 0 Å². The number of allylic oxidation sites excluding steroid dienone is 8. The molecule has 6 aromatic rings. The lowest BCUT2D eigenvalue weighted by molar-refractivity contribution is 0.399. The van der Waals surface area contributed by atoms with Gasteiger partial charge in [-0.15, -0.1) is 0 Å². The highest BCUT2D eigenvalue weighted by Gasteiger charge is 2.48. The molecule has 4 aromatic carbocycles. The molecule has 0 saturated carbocycles. The molecule has 4 nitrogen and oxygen atoms in total. The van der Waals surface area contributed by atoms with Crippen LogP contribution in [-0.2, 0) is 10.8 Å². The SMILES string of the molecule is CC1(C)c2ccccc2-c2ccc(N(C3=CC=C(c4ccccc4)CC#C3)c3cnc4c(c3)C(C3=CCCC=C3)(c3ccccc3)c3cccnc3O4)cc21. The van der Waals surface area contributed by atoms with Crippen LogP contribution in [0, 0.1) is 11.8 Å². The van der Waals surface area contributed by atoms with Gasteiger partial charge >= 0.3 is 0 Å². The quantitative estimate of drug-likeness (QED) is 0.161. The Labute approximate surface area is 322 Å². The van der Waals surface area contributed by atoms with E-state index in [1.807, 2.05) is 12.3 Å². The lowest BCUT2D eigenvalue weighted by Gasteiger charge is -2.42. The molecule has 10 rings (SSSR count). The minimum Gasteiger partial charge on any atom is -0.420 e. The first-order chi connectivity index (χ1) is 27.0. The first kappa shape index (κ1) is 32.9. The maximum absolute atomic E-state index is 6.59. The van der Waals surface area contributed by atoms with Crippen LogP contribution in [-0.4, -0.2) is 9.97 Å². The Balaban J connectivity index is 1.22. The van der Waals surface area contributed by atoms with Crippen LogP contribution < -0.4 is 9.64 Å². The molecule has 0 saturated heterocycles. The summed E-state index contributed by atoms with van der Waals surface area (Å²) in [6.45, 7) is 4.66. The topological polar surface area (TPSA) is 38.2 Å². The molecular weight excluding hydrogens is 671 g/mol. The second kappa shape index (κ2) is 13.0. The van der Waals surface area contributed by atoms with Gasteiger partial charge in [-0.3, -0.25) is 0 Å². The molecule has 264 valence electrons. The summed E-state index contributed by atoms with van der Waals surface area (Å²) in [5.41, 5.74) is 13.8. The number of aromatic nitrogens is 2. The van der Waals surface area contributed by atoms with E-state index in [-0.39, 0.29) is 5.41 Å². The fourth-order valence-electron chi connectivity index (χ4n) is 9.03. The first-order valence-electron chi connectivity index (χ1n) is 19.1. The third kappa shape index (κ3) is 5.22. The van der Waals surface area contributed by atoms with Gasteiger partial charge in [0.15, 0.2) is 0 Å². The lowest BCUT2D eigenvalue weighted by atomic mass is 9.63. The van der Waals surface area contributed by atoms with Gasteiger partial charge in [0.05, 0.1) is 23.0 Å². The fourth-order valence-corrected chi connectivity index (χ4v) is 9.03. The van der Waals surface area contributed by atoms with E-state index in [2.05, 4.69) is 176 Å². The molecule has 0 bridgehead atoms. The average Bonchev–Trinajstić information content (AvgIpc) is 3.35. The van der Waals surface area contributed by atoms with Gasteiger partial charge in [0.25, 0.3) is 0 Å². The largest absolute Gasteiger partial charge is 0.420 e. The van der Waals surface area contributed by atoms with Gasteiger partial charge in [-0.25, -0.2) is 9.97 Å². The zero-order chi connectivity index (χ0) is 37.0. The van der Waals surface area contributed by atoms with Crippen molar-refractivity contribution in [2.45, 2.75) is 43.9 Å². The number of hydrogen-bond donors (Lipinski definition) is 0. The Kier molecular flexibility index (Phi) is 7.78. The van der Waals surface area contributed by atoms with E-state index >= 15 is 0 Å². The smallest absolute Gasteiger partial charge is 0.226 e. The van der Waals surface area contributed by atoms with Gasteiger partial charge < -0.3 is 9.64 Å². The molecule has 55 heavy (non-hydrogen) atoms. The van der Waals surface area contributed by atoms with Crippen molar-refractivity contribution in [3.8, 4) is 34.7 Å². The third-order valence-corrected chi connectivity index (χ3v) is 11.7. The molecule has 0 fully saturated rings. The third-order valence-electron chi connectivity index (χ3n) is 11.7. The average molecular weight is 710 g/mol. The van der Waals surface area contributed by atoms with Gasteiger partial charge in [0.1, 0.15) is 0 Å². The summed E-state index contributed by atoms with van der Waals surface area (Å²) >= 11 is 0. The highest BCUT2D eigenvalue weighted by molar-refractivity contribution is 5.85. The number of benzene rings is 4. The maximum Gasteiger partial charge on any atom is 0.226 e. The van der Waals surface area contributed by atoms with Crippen LogP contribution in [0.15, 0.2) is 175 Å². The summed E-state index contributed by atoms with van der Waals surface area (Å²) in [7, 11) is 0. The molecule has 2 aromatic heterocycles. The Morgan fingerprint density at radius 3 is 2.25 bits per heavy atom. The zero-order valence-corrected chi connectivity index (χ0v) is 31.0. The van der Waals surface area contributed by atoms with Crippen molar-refractivity contribution in [1.29, 1.82) is 0 Å². The molecule has 1 atom stereocenters. The minimum absolute atomic E-state index is 0.168. The van der Waals surface area contributed by atoms with Gasteiger partial charge in [0.2, 0.25) is 11.8 Å². The summed E-state index contributed by atoms with van der Waals surface area (Å²) in [4.78, 5) is 12.2. The van der Waals surface area contributed by atoms with E-state index in [0.717, 1.165) is 46.6 Å². The highest BCUT2D eigenvalue weighted by Crippen LogP contribution is 2.56. The molecule has 1 aliphatic heterocycles. The van der Waals surface area contributed by atoms with Crippen molar-refractivity contribution in [2.24, 2.45) is 0 Å². The second-order valence-corrected chi connectivity index (χ2v) is 15.1. The summed E-state index contributed by atoms with van der Waals surface area (Å²) in [5, 5.41) is 0. The molecular formula is C51H39N3O. The zero-order valence-electron chi connectivity index (χ0n) is 31.0. The van der Waals surface area contributed by atoms with Crippen LogP contribution in [0.25, 0.3) is 16.7 Å². The molecule has 0 radical (unpaired) electrons. The normalized spacial score (nSPS) is 18.4. The Morgan fingerprint density at radius 1 is 0.673 bits per heavy atom. The predicted molar refractivity (Wildman–Crippen MR) is 222 cm³/mol. The van der Waals surface area contributed by atoms with Crippen LogP contribution in [0.2, 0.25) is 0 Å². The van der Waals surface area contributed by atoms with Crippen molar-refractivity contribution in [3.63, 3.8) is 0 Å². The number of anilines is 2.